The molecule has 0 bridgehead atoms. The van der Waals surface area contributed by atoms with Crippen molar-refractivity contribution in [1.29, 1.82) is 0 Å². The largest absolute Gasteiger partial charge is 0.468 e. The van der Waals surface area contributed by atoms with Gasteiger partial charge in [0.15, 0.2) is 0 Å². The van der Waals surface area contributed by atoms with Gasteiger partial charge in [0, 0.05) is 13.1 Å². The van der Waals surface area contributed by atoms with Crippen LogP contribution in [0.1, 0.15) is 39.5 Å². The molecule has 0 amide bonds. The fourth-order valence-electron chi connectivity index (χ4n) is 2.76. The summed E-state index contributed by atoms with van der Waals surface area (Å²) >= 11 is 0. The molecular formula is C14H28N2O2. The maximum Gasteiger partial charge on any atom is 0.322 e. The lowest BCUT2D eigenvalue weighted by Crippen LogP contribution is -2.40. The lowest BCUT2D eigenvalue weighted by atomic mass is 10.0. The van der Waals surface area contributed by atoms with Crippen LogP contribution in [0.25, 0.3) is 0 Å². The van der Waals surface area contributed by atoms with E-state index < -0.39 is 0 Å². The Hall–Kier alpha value is -0.610. The van der Waals surface area contributed by atoms with Crippen LogP contribution in [0.3, 0.4) is 0 Å². The summed E-state index contributed by atoms with van der Waals surface area (Å²) in [5, 5.41) is 3.19. The normalized spacial score (nSPS) is 22.1. The first-order valence-electron chi connectivity index (χ1n) is 7.24. The number of likely N-dealkylation sites (tertiary alicyclic amines) is 1. The molecule has 1 N–H and O–H groups in total. The number of carbonyl (C=O) groups excluding carboxylic acids is 1. The standard InChI is InChI=1S/C14H28N2O2/c1-4-6-12-7-9-16(11-12)10-8-13(15-5-2)14(17)18-3/h12-13,15H,4-11H2,1-3H3. The van der Waals surface area contributed by atoms with E-state index in [9.17, 15) is 4.79 Å². The molecule has 0 radical (unpaired) electrons. The molecule has 0 spiro atoms. The zero-order valence-corrected chi connectivity index (χ0v) is 12.1. The van der Waals surface area contributed by atoms with E-state index in [2.05, 4.69) is 17.1 Å². The Balaban J connectivity index is 2.28. The monoisotopic (exact) mass is 256 g/mol. The molecule has 18 heavy (non-hydrogen) atoms. The summed E-state index contributed by atoms with van der Waals surface area (Å²) < 4.78 is 4.82. The van der Waals surface area contributed by atoms with E-state index in [0.717, 1.165) is 25.4 Å². The minimum absolute atomic E-state index is 0.138. The summed E-state index contributed by atoms with van der Waals surface area (Å²) in [5.74, 6) is 0.729. The maximum atomic E-state index is 11.6. The van der Waals surface area contributed by atoms with E-state index in [4.69, 9.17) is 4.74 Å². The van der Waals surface area contributed by atoms with Crippen LogP contribution >= 0.6 is 0 Å². The molecule has 4 heteroatoms. The first kappa shape index (κ1) is 15.4. The number of methoxy groups -OCH3 is 1. The van der Waals surface area contributed by atoms with Gasteiger partial charge in [-0.2, -0.15) is 0 Å². The Labute approximate surface area is 111 Å². The molecule has 1 rings (SSSR count). The van der Waals surface area contributed by atoms with Crippen molar-refractivity contribution in [2.24, 2.45) is 5.92 Å². The van der Waals surface area contributed by atoms with Crippen LogP contribution in [0.2, 0.25) is 0 Å². The molecule has 2 atom stereocenters. The van der Waals surface area contributed by atoms with Gasteiger partial charge in [0.05, 0.1) is 7.11 Å². The van der Waals surface area contributed by atoms with Crippen molar-refractivity contribution in [1.82, 2.24) is 10.2 Å². The first-order chi connectivity index (χ1) is 8.71. The second-order valence-corrected chi connectivity index (χ2v) is 5.17. The van der Waals surface area contributed by atoms with Crippen LogP contribution in [0.15, 0.2) is 0 Å². The lowest BCUT2D eigenvalue weighted by Gasteiger charge is -2.20. The van der Waals surface area contributed by atoms with E-state index in [0.29, 0.717) is 0 Å². The topological polar surface area (TPSA) is 41.6 Å². The molecule has 0 aliphatic carbocycles. The smallest absolute Gasteiger partial charge is 0.322 e. The van der Waals surface area contributed by atoms with Crippen molar-refractivity contribution in [3.63, 3.8) is 0 Å². The van der Waals surface area contributed by atoms with Crippen molar-refractivity contribution in [3.8, 4) is 0 Å². The molecule has 0 aromatic carbocycles. The molecule has 4 nitrogen and oxygen atoms in total. The minimum atomic E-state index is -0.148. The number of hydrogen-bond acceptors (Lipinski definition) is 4. The molecule has 1 aliphatic heterocycles. The summed E-state index contributed by atoms with van der Waals surface area (Å²) in [7, 11) is 1.46. The van der Waals surface area contributed by atoms with Gasteiger partial charge in [-0.3, -0.25) is 4.79 Å². The van der Waals surface area contributed by atoms with Crippen LogP contribution in [0.4, 0.5) is 0 Å². The summed E-state index contributed by atoms with van der Waals surface area (Å²) in [6.45, 7) is 8.45. The van der Waals surface area contributed by atoms with Crippen LogP contribution in [-0.4, -0.2) is 50.2 Å². The van der Waals surface area contributed by atoms with Gasteiger partial charge in [0.25, 0.3) is 0 Å². The highest BCUT2D eigenvalue weighted by Gasteiger charge is 2.24. The lowest BCUT2D eigenvalue weighted by molar-refractivity contribution is -0.143. The van der Waals surface area contributed by atoms with Crippen LogP contribution < -0.4 is 5.32 Å². The van der Waals surface area contributed by atoms with Crippen molar-refractivity contribution in [2.45, 2.75) is 45.6 Å². The summed E-state index contributed by atoms with van der Waals surface area (Å²) in [6, 6.07) is -0.148. The van der Waals surface area contributed by atoms with Crippen molar-refractivity contribution in [3.05, 3.63) is 0 Å². The fraction of sp³-hybridized carbons (Fsp3) is 0.929. The number of nitrogens with one attached hydrogen (secondary N) is 1. The molecule has 1 fully saturated rings. The highest BCUT2D eigenvalue weighted by atomic mass is 16.5. The van der Waals surface area contributed by atoms with Gasteiger partial charge in [-0.05, 0) is 38.3 Å². The van der Waals surface area contributed by atoms with Crippen molar-refractivity contribution >= 4 is 5.97 Å². The van der Waals surface area contributed by atoms with Gasteiger partial charge in [0.1, 0.15) is 6.04 Å². The second-order valence-electron chi connectivity index (χ2n) is 5.17. The molecule has 0 aromatic heterocycles. The molecule has 1 aliphatic rings. The number of likely N-dealkylation sites (N-methyl/N-ethyl adjacent to an activating group) is 1. The summed E-state index contributed by atoms with van der Waals surface area (Å²) in [5.41, 5.74) is 0. The first-order valence-corrected chi connectivity index (χ1v) is 7.24. The highest BCUT2D eigenvalue weighted by Crippen LogP contribution is 2.20. The van der Waals surface area contributed by atoms with Crippen LogP contribution in [0, 0.1) is 5.92 Å². The Morgan fingerprint density at radius 2 is 2.28 bits per heavy atom. The third-order valence-electron chi connectivity index (χ3n) is 3.74. The van der Waals surface area contributed by atoms with Crippen LogP contribution in [0.5, 0.6) is 0 Å². The van der Waals surface area contributed by atoms with Crippen LogP contribution in [-0.2, 0) is 9.53 Å². The van der Waals surface area contributed by atoms with E-state index in [-0.39, 0.29) is 12.0 Å². The van der Waals surface area contributed by atoms with Gasteiger partial charge in [-0.15, -0.1) is 0 Å². The third kappa shape index (κ3) is 4.94. The molecular weight excluding hydrogens is 228 g/mol. The molecule has 1 heterocycles. The average molecular weight is 256 g/mol. The Morgan fingerprint density at radius 3 is 2.89 bits per heavy atom. The van der Waals surface area contributed by atoms with Crippen molar-refractivity contribution in [2.75, 3.05) is 33.3 Å². The molecule has 106 valence electrons. The number of carbonyl (C=O) groups is 1. The summed E-state index contributed by atoms with van der Waals surface area (Å²) in [6.07, 6.45) is 4.78. The SMILES string of the molecule is CCCC1CCN(CCC(NCC)C(=O)OC)C1. The number of ether oxygens (including phenoxy) is 1. The predicted octanol–water partition coefficient (Wildman–Crippen LogP) is 1.65. The second kappa shape index (κ2) is 8.48. The molecule has 0 saturated carbocycles. The number of rotatable bonds is 8. The quantitative estimate of drug-likeness (QED) is 0.671. The minimum Gasteiger partial charge on any atom is -0.468 e. The van der Waals surface area contributed by atoms with E-state index in [1.807, 2.05) is 6.92 Å². The maximum absolute atomic E-state index is 11.6. The predicted molar refractivity (Wildman–Crippen MR) is 73.6 cm³/mol. The Bertz CT molecular complexity index is 246. The van der Waals surface area contributed by atoms with Gasteiger partial charge >= 0.3 is 5.97 Å². The Morgan fingerprint density at radius 1 is 1.50 bits per heavy atom. The fourth-order valence-corrected chi connectivity index (χ4v) is 2.76. The van der Waals surface area contributed by atoms with Gasteiger partial charge < -0.3 is 15.0 Å². The van der Waals surface area contributed by atoms with E-state index in [1.165, 1.54) is 39.5 Å². The number of esters is 1. The van der Waals surface area contributed by atoms with Gasteiger partial charge in [-0.25, -0.2) is 0 Å². The number of nitrogens with zero attached hydrogens (tertiary/aromatic N) is 1. The highest BCUT2D eigenvalue weighted by molar-refractivity contribution is 5.75. The average Bonchev–Trinajstić information content (AvgIpc) is 2.82. The third-order valence-corrected chi connectivity index (χ3v) is 3.74. The van der Waals surface area contributed by atoms with E-state index in [1.54, 1.807) is 0 Å². The molecule has 1 saturated heterocycles. The summed E-state index contributed by atoms with van der Waals surface area (Å²) in [4.78, 5) is 14.1. The molecule has 2 unspecified atom stereocenters. The zero-order valence-electron chi connectivity index (χ0n) is 12.1. The van der Waals surface area contributed by atoms with Gasteiger partial charge in [-0.1, -0.05) is 20.3 Å². The van der Waals surface area contributed by atoms with Crippen molar-refractivity contribution < 1.29 is 9.53 Å². The Kier molecular flexibility index (Phi) is 7.28. The van der Waals surface area contributed by atoms with E-state index >= 15 is 0 Å². The molecule has 0 aromatic rings. The number of hydrogen-bond donors (Lipinski definition) is 1. The van der Waals surface area contributed by atoms with Gasteiger partial charge in [0.2, 0.25) is 0 Å². The zero-order chi connectivity index (χ0) is 13.4.